The predicted octanol–water partition coefficient (Wildman–Crippen LogP) is 1.68. The van der Waals surface area contributed by atoms with Gasteiger partial charge in [-0.15, -0.1) is 0 Å². The smallest absolute Gasteiger partial charge is 0.226 e. The summed E-state index contributed by atoms with van der Waals surface area (Å²) in [6.45, 7) is 6.23. The highest BCUT2D eigenvalue weighted by molar-refractivity contribution is 4.92. The van der Waals surface area contributed by atoms with Crippen LogP contribution in [0.25, 0.3) is 0 Å². The van der Waals surface area contributed by atoms with E-state index in [0.717, 1.165) is 12.8 Å². The molecule has 0 aromatic carbocycles. The molecule has 0 bridgehead atoms. The molecule has 0 aliphatic heterocycles. The molecule has 1 aromatic rings. The van der Waals surface area contributed by atoms with Crippen LogP contribution in [0.1, 0.15) is 44.9 Å². The van der Waals surface area contributed by atoms with Crippen molar-refractivity contribution in [2.24, 2.45) is 11.7 Å². The number of hydrogen-bond acceptors (Lipinski definition) is 4. The van der Waals surface area contributed by atoms with E-state index in [1.807, 2.05) is 6.92 Å². The summed E-state index contributed by atoms with van der Waals surface area (Å²) in [5, 5.41) is 3.83. The van der Waals surface area contributed by atoms with Gasteiger partial charge in [-0.25, -0.2) is 0 Å². The maximum atomic E-state index is 5.88. The maximum Gasteiger partial charge on any atom is 0.226 e. The first-order valence-electron chi connectivity index (χ1n) is 4.71. The van der Waals surface area contributed by atoms with Gasteiger partial charge in [0, 0.05) is 6.42 Å². The Morgan fingerprint density at radius 2 is 2.15 bits per heavy atom. The van der Waals surface area contributed by atoms with Crippen LogP contribution in [0.3, 0.4) is 0 Å². The monoisotopic (exact) mass is 183 g/mol. The Balaban J connectivity index is 2.60. The summed E-state index contributed by atoms with van der Waals surface area (Å²) >= 11 is 0. The van der Waals surface area contributed by atoms with Crippen molar-refractivity contribution in [3.63, 3.8) is 0 Å². The van der Waals surface area contributed by atoms with Crippen molar-refractivity contribution in [2.45, 2.75) is 39.7 Å². The van der Waals surface area contributed by atoms with Crippen molar-refractivity contribution >= 4 is 0 Å². The van der Waals surface area contributed by atoms with E-state index >= 15 is 0 Å². The minimum absolute atomic E-state index is 0.0935. The van der Waals surface area contributed by atoms with Gasteiger partial charge in [0.05, 0.1) is 6.04 Å². The minimum Gasteiger partial charge on any atom is -0.339 e. The van der Waals surface area contributed by atoms with E-state index in [1.54, 1.807) is 0 Å². The molecule has 1 aromatic heterocycles. The van der Waals surface area contributed by atoms with Crippen LogP contribution in [0.4, 0.5) is 0 Å². The summed E-state index contributed by atoms with van der Waals surface area (Å²) < 4.78 is 4.98. The number of aryl methyl sites for hydroxylation is 1. The molecule has 13 heavy (non-hydrogen) atoms. The molecular formula is C9H17N3O. The van der Waals surface area contributed by atoms with Crippen LogP contribution in [0.2, 0.25) is 0 Å². The Hall–Kier alpha value is -0.900. The maximum absolute atomic E-state index is 5.88. The second-order valence-electron chi connectivity index (χ2n) is 3.64. The lowest BCUT2D eigenvalue weighted by Crippen LogP contribution is -2.14. The number of aromatic nitrogens is 2. The summed E-state index contributed by atoms with van der Waals surface area (Å²) in [6, 6.07) is -0.0935. The van der Waals surface area contributed by atoms with Crippen molar-refractivity contribution in [1.82, 2.24) is 10.1 Å². The normalized spacial score (nSPS) is 13.6. The molecule has 1 rings (SSSR count). The summed E-state index contributed by atoms with van der Waals surface area (Å²) in [7, 11) is 0. The second kappa shape index (κ2) is 4.37. The molecule has 0 saturated carbocycles. The van der Waals surface area contributed by atoms with Crippen LogP contribution in [0, 0.1) is 5.92 Å². The number of rotatable bonds is 4. The first-order chi connectivity index (χ1) is 6.13. The average Bonchev–Trinajstić information content (AvgIpc) is 2.50. The van der Waals surface area contributed by atoms with Crippen LogP contribution in [-0.4, -0.2) is 10.1 Å². The third-order valence-corrected chi connectivity index (χ3v) is 1.84. The van der Waals surface area contributed by atoms with Gasteiger partial charge < -0.3 is 10.3 Å². The highest BCUT2D eigenvalue weighted by Crippen LogP contribution is 2.15. The van der Waals surface area contributed by atoms with Crippen LogP contribution in [-0.2, 0) is 6.42 Å². The zero-order valence-electron chi connectivity index (χ0n) is 8.45. The zero-order chi connectivity index (χ0) is 9.84. The minimum atomic E-state index is -0.0935. The highest BCUT2D eigenvalue weighted by atomic mass is 16.5. The fourth-order valence-electron chi connectivity index (χ4n) is 1.18. The molecule has 4 nitrogen and oxygen atoms in total. The Morgan fingerprint density at radius 1 is 1.46 bits per heavy atom. The van der Waals surface area contributed by atoms with E-state index in [-0.39, 0.29) is 6.04 Å². The molecule has 0 amide bonds. The average molecular weight is 183 g/mol. The van der Waals surface area contributed by atoms with Gasteiger partial charge in [0.2, 0.25) is 5.89 Å². The van der Waals surface area contributed by atoms with Gasteiger partial charge in [0.25, 0.3) is 0 Å². The van der Waals surface area contributed by atoms with E-state index in [2.05, 4.69) is 24.0 Å². The first kappa shape index (κ1) is 10.2. The first-order valence-corrected chi connectivity index (χ1v) is 4.71. The Bertz CT molecular complexity index is 257. The Morgan fingerprint density at radius 3 is 2.62 bits per heavy atom. The van der Waals surface area contributed by atoms with Crippen LogP contribution in [0.15, 0.2) is 4.52 Å². The molecule has 0 aliphatic carbocycles. The van der Waals surface area contributed by atoms with E-state index in [4.69, 9.17) is 10.3 Å². The number of nitrogens with zero attached hydrogens (tertiary/aromatic N) is 2. The zero-order valence-corrected chi connectivity index (χ0v) is 8.45. The molecule has 0 aliphatic rings. The summed E-state index contributed by atoms with van der Waals surface area (Å²) in [5.74, 6) is 1.85. The standard InChI is InChI=1S/C9H17N3O/c1-4-8-11-9(12-13-8)7(10)5-6(2)3/h6-7H,4-5,10H2,1-3H3. The largest absolute Gasteiger partial charge is 0.339 e. The molecular weight excluding hydrogens is 166 g/mol. The molecule has 2 N–H and O–H groups in total. The van der Waals surface area contributed by atoms with Crippen molar-refractivity contribution in [1.29, 1.82) is 0 Å². The van der Waals surface area contributed by atoms with Gasteiger partial charge in [-0.3, -0.25) is 0 Å². The van der Waals surface area contributed by atoms with Gasteiger partial charge in [0.1, 0.15) is 0 Å². The molecule has 1 atom stereocenters. The van der Waals surface area contributed by atoms with Gasteiger partial charge in [0.15, 0.2) is 5.82 Å². The van der Waals surface area contributed by atoms with Crippen LogP contribution in [0.5, 0.6) is 0 Å². The molecule has 74 valence electrons. The highest BCUT2D eigenvalue weighted by Gasteiger charge is 2.14. The van der Waals surface area contributed by atoms with Crippen molar-refractivity contribution in [3.8, 4) is 0 Å². The van der Waals surface area contributed by atoms with Crippen LogP contribution >= 0.6 is 0 Å². The lowest BCUT2D eigenvalue weighted by Gasteiger charge is -2.08. The van der Waals surface area contributed by atoms with Crippen molar-refractivity contribution in [3.05, 3.63) is 11.7 Å². The molecule has 1 unspecified atom stereocenters. The van der Waals surface area contributed by atoms with E-state index in [0.29, 0.717) is 17.6 Å². The molecule has 0 spiro atoms. The van der Waals surface area contributed by atoms with Gasteiger partial charge in [-0.05, 0) is 12.3 Å². The van der Waals surface area contributed by atoms with Gasteiger partial charge in [-0.2, -0.15) is 4.98 Å². The fraction of sp³-hybridized carbons (Fsp3) is 0.778. The molecule has 0 radical (unpaired) electrons. The van der Waals surface area contributed by atoms with Gasteiger partial charge >= 0.3 is 0 Å². The van der Waals surface area contributed by atoms with E-state index in [9.17, 15) is 0 Å². The van der Waals surface area contributed by atoms with E-state index in [1.165, 1.54) is 0 Å². The summed E-state index contributed by atoms with van der Waals surface area (Å²) in [5.41, 5.74) is 5.88. The van der Waals surface area contributed by atoms with Gasteiger partial charge in [-0.1, -0.05) is 25.9 Å². The predicted molar refractivity (Wildman–Crippen MR) is 50.1 cm³/mol. The topological polar surface area (TPSA) is 64.9 Å². The Labute approximate surface area is 78.5 Å². The quantitative estimate of drug-likeness (QED) is 0.771. The van der Waals surface area contributed by atoms with Crippen molar-refractivity contribution in [2.75, 3.05) is 0 Å². The van der Waals surface area contributed by atoms with E-state index < -0.39 is 0 Å². The number of nitrogens with two attached hydrogens (primary N) is 1. The molecule has 0 fully saturated rings. The lowest BCUT2D eigenvalue weighted by atomic mass is 10.0. The third kappa shape index (κ3) is 2.81. The van der Waals surface area contributed by atoms with Crippen LogP contribution < -0.4 is 5.73 Å². The summed E-state index contributed by atoms with van der Waals surface area (Å²) in [6.07, 6.45) is 1.66. The molecule has 1 heterocycles. The Kier molecular flexibility index (Phi) is 3.42. The lowest BCUT2D eigenvalue weighted by molar-refractivity contribution is 0.368. The third-order valence-electron chi connectivity index (χ3n) is 1.84. The number of hydrogen-bond donors (Lipinski definition) is 1. The molecule has 4 heteroatoms. The molecule has 0 saturated heterocycles. The SMILES string of the molecule is CCc1nc(C(N)CC(C)C)no1. The second-order valence-corrected chi connectivity index (χ2v) is 3.64. The fourth-order valence-corrected chi connectivity index (χ4v) is 1.18. The van der Waals surface area contributed by atoms with Crippen molar-refractivity contribution < 1.29 is 4.52 Å². The summed E-state index contributed by atoms with van der Waals surface area (Å²) in [4.78, 5) is 4.18.